The molecule has 0 saturated carbocycles. The lowest BCUT2D eigenvalue weighted by molar-refractivity contribution is 0.222. The highest BCUT2D eigenvalue weighted by atomic mass is 15.7. The number of hydrogen-bond acceptors (Lipinski definition) is 4. The van der Waals surface area contributed by atoms with Crippen LogP contribution in [0, 0.1) is 5.41 Å². The van der Waals surface area contributed by atoms with E-state index in [0.29, 0.717) is 6.04 Å². The van der Waals surface area contributed by atoms with E-state index in [9.17, 15) is 0 Å². The summed E-state index contributed by atoms with van der Waals surface area (Å²) >= 11 is 0. The van der Waals surface area contributed by atoms with Crippen LogP contribution in [0.5, 0.6) is 0 Å². The van der Waals surface area contributed by atoms with Crippen LogP contribution in [0.15, 0.2) is 4.99 Å². The van der Waals surface area contributed by atoms with Gasteiger partial charge in [-0.25, -0.2) is 10.9 Å². The highest BCUT2D eigenvalue weighted by Crippen LogP contribution is 2.35. The molecule has 0 bridgehead atoms. The minimum atomic E-state index is -0.0208. The molecule has 0 aromatic heterocycles. The monoisotopic (exact) mass is 168 g/mol. The molecule has 4 nitrogen and oxygen atoms in total. The average molecular weight is 168 g/mol. The molecule has 1 saturated heterocycles. The molecule has 0 aromatic carbocycles. The van der Waals surface area contributed by atoms with Crippen molar-refractivity contribution in [1.82, 2.24) is 16.4 Å². The fourth-order valence-electron chi connectivity index (χ4n) is 1.95. The Labute approximate surface area is 72.8 Å². The number of aliphatic imine (C=N–C) groups is 1. The Hall–Kier alpha value is -0.450. The molecule has 4 heteroatoms. The summed E-state index contributed by atoms with van der Waals surface area (Å²) in [5, 5.41) is 0. The molecule has 2 rings (SSSR count). The van der Waals surface area contributed by atoms with Crippen LogP contribution in [-0.2, 0) is 0 Å². The molecule has 2 atom stereocenters. The molecule has 12 heavy (non-hydrogen) atoms. The van der Waals surface area contributed by atoms with Crippen molar-refractivity contribution < 1.29 is 0 Å². The van der Waals surface area contributed by atoms with Gasteiger partial charge < -0.3 is 0 Å². The number of nitrogens with one attached hydrogen (secondary N) is 3. The van der Waals surface area contributed by atoms with Gasteiger partial charge in [-0.2, -0.15) is 5.53 Å². The topological polar surface area (TPSA) is 48.5 Å². The summed E-state index contributed by atoms with van der Waals surface area (Å²) in [5.74, 6) is 0. The van der Waals surface area contributed by atoms with Crippen LogP contribution in [0.25, 0.3) is 0 Å². The van der Waals surface area contributed by atoms with Crippen LogP contribution in [-0.4, -0.2) is 24.3 Å². The lowest BCUT2D eigenvalue weighted by Crippen LogP contribution is -2.59. The third-order valence-electron chi connectivity index (χ3n) is 2.89. The fourth-order valence-corrected chi connectivity index (χ4v) is 1.95. The van der Waals surface area contributed by atoms with Gasteiger partial charge in [0.1, 0.15) is 0 Å². The first kappa shape index (κ1) is 8.16. The third-order valence-corrected chi connectivity index (χ3v) is 2.89. The molecule has 2 unspecified atom stereocenters. The second-order valence-corrected chi connectivity index (χ2v) is 4.56. The maximum Gasteiger partial charge on any atom is 0.0914 e. The van der Waals surface area contributed by atoms with Gasteiger partial charge in [-0.05, 0) is 5.41 Å². The first-order valence-corrected chi connectivity index (χ1v) is 4.35. The molecule has 0 aliphatic carbocycles. The summed E-state index contributed by atoms with van der Waals surface area (Å²) in [6, 6.07) is 0.387. The summed E-state index contributed by atoms with van der Waals surface area (Å²) in [7, 11) is 0. The molecule has 1 fully saturated rings. The van der Waals surface area contributed by atoms with E-state index in [0.717, 1.165) is 6.54 Å². The van der Waals surface area contributed by atoms with Gasteiger partial charge in [0.25, 0.3) is 0 Å². The van der Waals surface area contributed by atoms with E-state index < -0.39 is 0 Å². The quantitative estimate of drug-likeness (QED) is 0.471. The molecule has 2 aliphatic heterocycles. The zero-order valence-corrected chi connectivity index (χ0v) is 7.81. The second kappa shape index (κ2) is 2.28. The maximum atomic E-state index is 4.32. The van der Waals surface area contributed by atoms with Gasteiger partial charge in [-0.15, -0.1) is 0 Å². The van der Waals surface area contributed by atoms with Gasteiger partial charge in [0.15, 0.2) is 0 Å². The zero-order chi connectivity index (χ0) is 8.82. The minimum Gasteiger partial charge on any atom is -0.294 e. The molecule has 0 amide bonds. The molecule has 0 spiro atoms. The Kier molecular flexibility index (Phi) is 1.55. The molecule has 2 aliphatic rings. The Morgan fingerprint density at radius 3 is 2.83 bits per heavy atom. The van der Waals surface area contributed by atoms with Crippen molar-refractivity contribution in [1.29, 1.82) is 0 Å². The van der Waals surface area contributed by atoms with E-state index in [2.05, 4.69) is 42.1 Å². The van der Waals surface area contributed by atoms with E-state index in [-0.39, 0.29) is 11.0 Å². The van der Waals surface area contributed by atoms with Crippen LogP contribution < -0.4 is 16.4 Å². The second-order valence-electron chi connectivity index (χ2n) is 4.56. The van der Waals surface area contributed by atoms with E-state index in [4.69, 9.17) is 0 Å². The summed E-state index contributed by atoms with van der Waals surface area (Å²) in [5.41, 5.74) is 9.58. The lowest BCUT2D eigenvalue weighted by atomic mass is 9.72. The summed E-state index contributed by atoms with van der Waals surface area (Å²) in [6.45, 7) is 7.52. The number of nitrogens with zero attached hydrogens (tertiary/aromatic N) is 1. The number of rotatable bonds is 0. The largest absolute Gasteiger partial charge is 0.294 e. The van der Waals surface area contributed by atoms with Crippen molar-refractivity contribution in [3.8, 4) is 0 Å². The number of hydrazine groups is 2. The SMILES string of the molecule is CC(C)(C)C12C=NCC1NNN2. The Balaban J connectivity index is 2.34. The van der Waals surface area contributed by atoms with Crippen molar-refractivity contribution in [2.75, 3.05) is 6.54 Å². The van der Waals surface area contributed by atoms with E-state index >= 15 is 0 Å². The van der Waals surface area contributed by atoms with Gasteiger partial charge in [-0.3, -0.25) is 4.99 Å². The van der Waals surface area contributed by atoms with Crippen LogP contribution in [0.3, 0.4) is 0 Å². The highest BCUT2D eigenvalue weighted by molar-refractivity contribution is 5.76. The summed E-state index contributed by atoms with van der Waals surface area (Å²) < 4.78 is 0. The predicted octanol–water partition coefficient (Wildman–Crippen LogP) is -0.163. The zero-order valence-electron chi connectivity index (χ0n) is 7.81. The first-order valence-electron chi connectivity index (χ1n) is 4.35. The van der Waals surface area contributed by atoms with Gasteiger partial charge in [-0.1, -0.05) is 20.8 Å². The summed E-state index contributed by atoms with van der Waals surface area (Å²) in [4.78, 5) is 4.32. The predicted molar refractivity (Wildman–Crippen MR) is 48.7 cm³/mol. The average Bonchev–Trinajstić information content (AvgIpc) is 2.37. The molecular weight excluding hydrogens is 152 g/mol. The van der Waals surface area contributed by atoms with Crippen LogP contribution in [0.2, 0.25) is 0 Å². The lowest BCUT2D eigenvalue weighted by Gasteiger charge is -2.38. The van der Waals surface area contributed by atoms with Crippen LogP contribution in [0.1, 0.15) is 20.8 Å². The van der Waals surface area contributed by atoms with Gasteiger partial charge >= 0.3 is 0 Å². The minimum absolute atomic E-state index is 0.0208. The molecule has 0 aromatic rings. The van der Waals surface area contributed by atoms with Crippen molar-refractivity contribution in [2.45, 2.75) is 32.4 Å². The van der Waals surface area contributed by atoms with Gasteiger partial charge in [0.05, 0.1) is 18.1 Å². The molecular formula is C8H16N4. The van der Waals surface area contributed by atoms with Crippen molar-refractivity contribution >= 4 is 6.21 Å². The van der Waals surface area contributed by atoms with Crippen molar-refractivity contribution in [3.63, 3.8) is 0 Å². The Morgan fingerprint density at radius 2 is 2.25 bits per heavy atom. The molecule has 3 N–H and O–H groups in total. The van der Waals surface area contributed by atoms with Crippen LogP contribution >= 0.6 is 0 Å². The van der Waals surface area contributed by atoms with Crippen LogP contribution in [0.4, 0.5) is 0 Å². The fraction of sp³-hybridized carbons (Fsp3) is 0.875. The van der Waals surface area contributed by atoms with E-state index in [1.807, 2.05) is 6.21 Å². The van der Waals surface area contributed by atoms with Gasteiger partial charge in [0.2, 0.25) is 0 Å². The van der Waals surface area contributed by atoms with Gasteiger partial charge in [0, 0.05) is 6.21 Å². The molecule has 68 valence electrons. The number of hydrogen-bond donors (Lipinski definition) is 3. The smallest absolute Gasteiger partial charge is 0.0914 e. The Morgan fingerprint density at radius 1 is 1.50 bits per heavy atom. The first-order chi connectivity index (χ1) is 5.56. The van der Waals surface area contributed by atoms with Crippen molar-refractivity contribution in [2.24, 2.45) is 10.4 Å². The highest BCUT2D eigenvalue weighted by Gasteiger charge is 2.52. The standard InChI is InChI=1S/C8H16N4/c1-7(2,3)8-5-9-4-6(8)10-12-11-8/h5-6,10-12H,4H2,1-3H3. The Bertz CT molecular complexity index is 218. The van der Waals surface area contributed by atoms with E-state index in [1.165, 1.54) is 0 Å². The maximum absolute atomic E-state index is 4.32. The summed E-state index contributed by atoms with van der Waals surface area (Å²) in [6.07, 6.45) is 2.03. The third kappa shape index (κ3) is 0.856. The normalized spacial score (nSPS) is 40.4. The van der Waals surface area contributed by atoms with E-state index in [1.54, 1.807) is 0 Å². The van der Waals surface area contributed by atoms with Crippen molar-refractivity contribution in [3.05, 3.63) is 0 Å². The number of fused-ring (bicyclic) bond motifs is 1. The molecule has 2 heterocycles. The molecule has 0 radical (unpaired) electrons.